The van der Waals surface area contributed by atoms with Crippen molar-refractivity contribution in [2.24, 2.45) is 0 Å². The minimum atomic E-state index is 0.173. The van der Waals surface area contributed by atoms with Crippen molar-refractivity contribution in [3.05, 3.63) is 46.0 Å². The highest BCUT2D eigenvalue weighted by Crippen LogP contribution is 2.39. The second kappa shape index (κ2) is 5.64. The normalized spacial score (nSPS) is 23.6. The maximum Gasteiger partial charge on any atom is 0.0595 e. The van der Waals surface area contributed by atoms with Crippen molar-refractivity contribution in [2.45, 2.75) is 24.7 Å². The molecular formula is C15H19Cl2N. The molecule has 0 saturated heterocycles. The standard InChI is InChI=1S/C15H19Cl2N/c1-18(2)11-15(8-4-3-5-9-15)12-6-7-13(16)14(17)10-12/h3-4,6-7,10H,5,8-9,11H2,1-2H3. The van der Waals surface area contributed by atoms with Gasteiger partial charge in [0.25, 0.3) is 0 Å². The van der Waals surface area contributed by atoms with Crippen molar-refractivity contribution in [1.29, 1.82) is 0 Å². The first-order valence-electron chi connectivity index (χ1n) is 6.29. The van der Waals surface area contributed by atoms with Crippen LogP contribution in [0.2, 0.25) is 10.0 Å². The lowest BCUT2D eigenvalue weighted by Crippen LogP contribution is -2.38. The summed E-state index contributed by atoms with van der Waals surface area (Å²) in [5, 5.41) is 1.29. The van der Waals surface area contributed by atoms with E-state index in [0.717, 1.165) is 19.4 Å². The van der Waals surface area contributed by atoms with Gasteiger partial charge in [-0.2, -0.15) is 0 Å². The van der Waals surface area contributed by atoms with Crippen LogP contribution < -0.4 is 0 Å². The van der Waals surface area contributed by atoms with Crippen LogP contribution in [0, 0.1) is 0 Å². The van der Waals surface area contributed by atoms with E-state index in [1.165, 1.54) is 12.0 Å². The molecule has 0 spiro atoms. The molecule has 0 amide bonds. The third-order valence-electron chi connectivity index (χ3n) is 3.62. The predicted molar refractivity (Wildman–Crippen MR) is 79.7 cm³/mol. The lowest BCUT2D eigenvalue weighted by molar-refractivity contribution is 0.262. The number of hydrogen-bond acceptors (Lipinski definition) is 1. The van der Waals surface area contributed by atoms with E-state index >= 15 is 0 Å². The van der Waals surface area contributed by atoms with E-state index in [2.05, 4.69) is 37.2 Å². The summed E-state index contributed by atoms with van der Waals surface area (Å²) < 4.78 is 0. The van der Waals surface area contributed by atoms with Crippen molar-refractivity contribution in [2.75, 3.05) is 20.6 Å². The van der Waals surface area contributed by atoms with Crippen LogP contribution in [0.3, 0.4) is 0 Å². The smallest absolute Gasteiger partial charge is 0.0595 e. The van der Waals surface area contributed by atoms with E-state index in [1.807, 2.05) is 12.1 Å². The molecule has 0 bridgehead atoms. The van der Waals surface area contributed by atoms with Crippen molar-refractivity contribution in [3.8, 4) is 0 Å². The molecule has 0 fully saturated rings. The van der Waals surface area contributed by atoms with Crippen molar-refractivity contribution < 1.29 is 0 Å². The quantitative estimate of drug-likeness (QED) is 0.737. The monoisotopic (exact) mass is 283 g/mol. The Morgan fingerprint density at radius 1 is 1.17 bits per heavy atom. The molecular weight excluding hydrogens is 265 g/mol. The Kier molecular flexibility index (Phi) is 4.37. The molecule has 1 atom stereocenters. The molecule has 18 heavy (non-hydrogen) atoms. The van der Waals surface area contributed by atoms with Crippen molar-refractivity contribution >= 4 is 23.2 Å². The summed E-state index contributed by atoms with van der Waals surface area (Å²) >= 11 is 12.2. The van der Waals surface area contributed by atoms with Crippen LogP contribution in [0.5, 0.6) is 0 Å². The zero-order chi connectivity index (χ0) is 13.2. The summed E-state index contributed by atoms with van der Waals surface area (Å²) in [6.45, 7) is 1.04. The summed E-state index contributed by atoms with van der Waals surface area (Å²) in [7, 11) is 4.25. The number of benzene rings is 1. The Balaban J connectivity index is 2.39. The molecule has 1 aliphatic carbocycles. The number of rotatable bonds is 3. The first-order chi connectivity index (χ1) is 8.53. The summed E-state index contributed by atoms with van der Waals surface area (Å²) in [6.07, 6.45) is 7.93. The zero-order valence-corrected chi connectivity index (χ0v) is 12.4. The molecule has 1 nitrogen and oxygen atoms in total. The number of hydrogen-bond donors (Lipinski definition) is 0. The van der Waals surface area contributed by atoms with E-state index < -0.39 is 0 Å². The predicted octanol–water partition coefficient (Wildman–Crippen LogP) is 4.53. The SMILES string of the molecule is CN(C)CC1(c2ccc(Cl)c(Cl)c2)CC=CCC1. The fraction of sp³-hybridized carbons (Fsp3) is 0.467. The van der Waals surface area contributed by atoms with Gasteiger partial charge in [-0.05, 0) is 51.1 Å². The van der Waals surface area contributed by atoms with Gasteiger partial charge >= 0.3 is 0 Å². The maximum atomic E-state index is 6.17. The van der Waals surface area contributed by atoms with Crippen LogP contribution in [-0.4, -0.2) is 25.5 Å². The molecule has 0 aliphatic heterocycles. The van der Waals surface area contributed by atoms with Gasteiger partial charge in [-0.1, -0.05) is 41.4 Å². The molecule has 0 N–H and O–H groups in total. The van der Waals surface area contributed by atoms with Crippen molar-refractivity contribution in [3.63, 3.8) is 0 Å². The van der Waals surface area contributed by atoms with Gasteiger partial charge < -0.3 is 4.90 Å². The number of nitrogens with zero attached hydrogens (tertiary/aromatic N) is 1. The highest BCUT2D eigenvalue weighted by atomic mass is 35.5. The minimum Gasteiger partial charge on any atom is -0.309 e. The average Bonchev–Trinajstić information content (AvgIpc) is 2.33. The Morgan fingerprint density at radius 2 is 1.94 bits per heavy atom. The second-order valence-corrected chi connectivity index (χ2v) is 6.18. The first-order valence-corrected chi connectivity index (χ1v) is 7.04. The van der Waals surface area contributed by atoms with Gasteiger partial charge in [-0.15, -0.1) is 0 Å². The summed E-state index contributed by atoms with van der Waals surface area (Å²) in [5.41, 5.74) is 1.47. The molecule has 0 saturated carbocycles. The Hall–Kier alpha value is -0.500. The first kappa shape index (κ1) is 13.9. The molecule has 98 valence electrons. The lowest BCUT2D eigenvalue weighted by Gasteiger charge is -2.38. The highest BCUT2D eigenvalue weighted by molar-refractivity contribution is 6.42. The summed E-state index contributed by atoms with van der Waals surface area (Å²) in [5.74, 6) is 0. The summed E-state index contributed by atoms with van der Waals surface area (Å²) in [6, 6.07) is 6.07. The fourth-order valence-corrected chi connectivity index (χ4v) is 3.11. The molecule has 1 unspecified atom stereocenters. The number of likely N-dealkylation sites (N-methyl/N-ethyl adjacent to an activating group) is 1. The molecule has 0 heterocycles. The van der Waals surface area contributed by atoms with Gasteiger partial charge in [-0.25, -0.2) is 0 Å². The molecule has 3 heteroatoms. The van der Waals surface area contributed by atoms with E-state index in [9.17, 15) is 0 Å². The van der Waals surface area contributed by atoms with Gasteiger partial charge in [-0.3, -0.25) is 0 Å². The number of halogens is 2. The molecule has 0 radical (unpaired) electrons. The third kappa shape index (κ3) is 2.90. The van der Waals surface area contributed by atoms with Gasteiger partial charge in [0.05, 0.1) is 10.0 Å². The molecule has 1 aromatic rings. The zero-order valence-electron chi connectivity index (χ0n) is 10.9. The van der Waals surface area contributed by atoms with Gasteiger partial charge in [0.2, 0.25) is 0 Å². The topological polar surface area (TPSA) is 3.24 Å². The fourth-order valence-electron chi connectivity index (χ4n) is 2.82. The molecule has 1 aromatic carbocycles. The minimum absolute atomic E-state index is 0.173. The van der Waals surface area contributed by atoms with Crippen LogP contribution in [0.25, 0.3) is 0 Å². The van der Waals surface area contributed by atoms with E-state index in [1.54, 1.807) is 0 Å². The highest BCUT2D eigenvalue weighted by Gasteiger charge is 2.33. The summed E-state index contributed by atoms with van der Waals surface area (Å²) in [4.78, 5) is 2.25. The van der Waals surface area contributed by atoms with Crippen LogP contribution in [0.4, 0.5) is 0 Å². The maximum absolute atomic E-state index is 6.17. The van der Waals surface area contributed by atoms with Gasteiger partial charge in [0, 0.05) is 12.0 Å². The van der Waals surface area contributed by atoms with Crippen molar-refractivity contribution in [1.82, 2.24) is 4.90 Å². The van der Waals surface area contributed by atoms with Crippen LogP contribution >= 0.6 is 23.2 Å². The Bertz CT molecular complexity index is 454. The third-order valence-corrected chi connectivity index (χ3v) is 4.35. The van der Waals surface area contributed by atoms with Crippen LogP contribution in [0.15, 0.2) is 30.4 Å². The average molecular weight is 284 g/mol. The van der Waals surface area contributed by atoms with Gasteiger partial charge in [0.1, 0.15) is 0 Å². The van der Waals surface area contributed by atoms with Crippen LogP contribution in [-0.2, 0) is 5.41 Å². The second-order valence-electron chi connectivity index (χ2n) is 5.36. The van der Waals surface area contributed by atoms with E-state index in [-0.39, 0.29) is 5.41 Å². The number of allylic oxidation sites excluding steroid dienone is 2. The van der Waals surface area contributed by atoms with E-state index in [4.69, 9.17) is 23.2 Å². The molecule has 2 rings (SSSR count). The largest absolute Gasteiger partial charge is 0.309 e. The Labute approximate surface area is 119 Å². The molecule has 1 aliphatic rings. The van der Waals surface area contributed by atoms with Gasteiger partial charge in [0.15, 0.2) is 0 Å². The lowest BCUT2D eigenvalue weighted by atomic mass is 9.71. The molecule has 0 aromatic heterocycles. The Morgan fingerprint density at radius 3 is 2.50 bits per heavy atom. The van der Waals surface area contributed by atoms with Crippen LogP contribution in [0.1, 0.15) is 24.8 Å². The van der Waals surface area contributed by atoms with E-state index in [0.29, 0.717) is 10.0 Å².